The lowest BCUT2D eigenvalue weighted by atomic mass is 9.93. The highest BCUT2D eigenvalue weighted by molar-refractivity contribution is 5.95. The van der Waals surface area contributed by atoms with Crippen molar-refractivity contribution in [3.8, 4) is 22.6 Å². The zero-order chi connectivity index (χ0) is 28.8. The number of phenols is 1. The van der Waals surface area contributed by atoms with Gasteiger partial charge in [-0.15, -0.1) is 0 Å². The van der Waals surface area contributed by atoms with Gasteiger partial charge in [-0.05, 0) is 69.0 Å². The number of benzene rings is 3. The molecule has 39 heavy (non-hydrogen) atoms. The van der Waals surface area contributed by atoms with Crippen LogP contribution in [0, 0.1) is 5.82 Å². The summed E-state index contributed by atoms with van der Waals surface area (Å²) in [5.74, 6) is -3.72. The first-order valence-corrected chi connectivity index (χ1v) is 12.0. The van der Waals surface area contributed by atoms with Crippen LogP contribution in [-0.4, -0.2) is 27.8 Å². The number of halogens is 4. The number of alkyl halides is 3. The van der Waals surface area contributed by atoms with E-state index in [9.17, 15) is 37.4 Å². The van der Waals surface area contributed by atoms with Gasteiger partial charge in [-0.1, -0.05) is 30.3 Å². The average Bonchev–Trinajstić information content (AvgIpc) is 3.63. The Morgan fingerprint density at radius 1 is 0.949 bits per heavy atom. The molecule has 1 aliphatic rings. The standard InChI is InChI=1S/C29H26F4O6/c1-27(2,3)39-25(35)23-18(7-11-21(24(23)34)29(31,32)33)15-38-19-8-4-16(5-9-19)17-6-10-20(22(30)14-17)28(12-13-28)26(36)37/h4-11,14,34H,12-13,15H2,1-3H3,(H,36,37). The second-order valence-electron chi connectivity index (χ2n) is 10.4. The highest BCUT2D eigenvalue weighted by Crippen LogP contribution is 2.49. The molecule has 0 saturated heterocycles. The van der Waals surface area contributed by atoms with Crippen molar-refractivity contribution in [1.82, 2.24) is 0 Å². The van der Waals surface area contributed by atoms with Crippen LogP contribution >= 0.6 is 0 Å². The molecule has 0 aromatic heterocycles. The van der Waals surface area contributed by atoms with E-state index < -0.39 is 51.8 Å². The first kappa shape index (κ1) is 27.9. The summed E-state index contributed by atoms with van der Waals surface area (Å²) in [5.41, 5.74) is -2.91. The van der Waals surface area contributed by atoms with E-state index in [4.69, 9.17) is 9.47 Å². The van der Waals surface area contributed by atoms with E-state index in [1.165, 1.54) is 12.1 Å². The van der Waals surface area contributed by atoms with E-state index in [-0.39, 0.29) is 17.7 Å². The second-order valence-corrected chi connectivity index (χ2v) is 10.4. The first-order chi connectivity index (χ1) is 18.1. The predicted octanol–water partition coefficient (Wildman–Crippen LogP) is 6.87. The maximum absolute atomic E-state index is 14.7. The summed E-state index contributed by atoms with van der Waals surface area (Å²) in [6, 6.07) is 12.5. The monoisotopic (exact) mass is 546 g/mol. The highest BCUT2D eigenvalue weighted by atomic mass is 19.4. The van der Waals surface area contributed by atoms with E-state index >= 15 is 0 Å². The Labute approximate surface area is 221 Å². The third-order valence-corrected chi connectivity index (χ3v) is 6.40. The Kier molecular flexibility index (Phi) is 7.10. The second kappa shape index (κ2) is 9.91. The number of esters is 1. The Balaban J connectivity index is 1.54. The molecule has 0 unspecified atom stereocenters. The zero-order valence-electron chi connectivity index (χ0n) is 21.4. The summed E-state index contributed by atoms with van der Waals surface area (Å²) in [5, 5.41) is 19.7. The van der Waals surface area contributed by atoms with Gasteiger partial charge in [0.15, 0.2) is 0 Å². The number of carbonyl (C=O) groups is 2. The quantitative estimate of drug-likeness (QED) is 0.248. The molecule has 206 valence electrons. The largest absolute Gasteiger partial charge is 0.506 e. The van der Waals surface area contributed by atoms with Crippen molar-refractivity contribution in [2.45, 2.75) is 57.4 Å². The van der Waals surface area contributed by atoms with Crippen LogP contribution in [0.2, 0.25) is 0 Å². The maximum atomic E-state index is 14.7. The summed E-state index contributed by atoms with van der Waals surface area (Å²) >= 11 is 0. The van der Waals surface area contributed by atoms with Crippen molar-refractivity contribution in [3.63, 3.8) is 0 Å². The first-order valence-electron chi connectivity index (χ1n) is 12.0. The molecule has 2 N–H and O–H groups in total. The molecule has 0 heterocycles. The lowest BCUT2D eigenvalue weighted by Crippen LogP contribution is -2.25. The summed E-state index contributed by atoms with van der Waals surface area (Å²) in [6.07, 6.45) is -4.12. The zero-order valence-corrected chi connectivity index (χ0v) is 21.4. The smallest absolute Gasteiger partial charge is 0.419 e. The number of hydrogen-bond donors (Lipinski definition) is 2. The maximum Gasteiger partial charge on any atom is 0.419 e. The van der Waals surface area contributed by atoms with Crippen LogP contribution in [0.15, 0.2) is 54.6 Å². The minimum absolute atomic E-state index is 0.0103. The molecule has 10 heteroatoms. The van der Waals surface area contributed by atoms with Crippen LogP contribution < -0.4 is 4.74 Å². The molecule has 0 atom stereocenters. The summed E-state index contributed by atoms with van der Waals surface area (Å²) < 4.78 is 65.6. The van der Waals surface area contributed by atoms with Crippen molar-refractivity contribution in [2.24, 2.45) is 0 Å². The van der Waals surface area contributed by atoms with Crippen LogP contribution in [-0.2, 0) is 27.7 Å². The van der Waals surface area contributed by atoms with Gasteiger partial charge in [0.1, 0.15) is 35.1 Å². The van der Waals surface area contributed by atoms with Crippen LogP contribution in [0.5, 0.6) is 11.5 Å². The van der Waals surface area contributed by atoms with E-state index in [1.54, 1.807) is 51.1 Å². The van der Waals surface area contributed by atoms with Gasteiger partial charge >= 0.3 is 18.1 Å². The van der Waals surface area contributed by atoms with Gasteiger partial charge < -0.3 is 19.7 Å². The van der Waals surface area contributed by atoms with Gasteiger partial charge in [-0.25, -0.2) is 9.18 Å². The number of rotatable bonds is 7. The fourth-order valence-corrected chi connectivity index (χ4v) is 4.25. The van der Waals surface area contributed by atoms with E-state index in [0.29, 0.717) is 35.8 Å². The number of ether oxygens (including phenoxy) is 2. The molecule has 0 bridgehead atoms. The molecular formula is C29H26F4O6. The summed E-state index contributed by atoms with van der Waals surface area (Å²) in [6.45, 7) is 4.29. The lowest BCUT2D eigenvalue weighted by Gasteiger charge is -2.22. The Morgan fingerprint density at radius 2 is 1.56 bits per heavy atom. The van der Waals surface area contributed by atoms with Crippen LogP contribution in [0.4, 0.5) is 17.6 Å². The minimum Gasteiger partial charge on any atom is -0.506 e. The average molecular weight is 547 g/mol. The van der Waals surface area contributed by atoms with E-state index in [0.717, 1.165) is 6.07 Å². The normalized spacial score (nSPS) is 14.5. The molecule has 0 aliphatic heterocycles. The number of carboxylic acid groups (broad SMARTS) is 1. The molecule has 1 saturated carbocycles. The third kappa shape index (κ3) is 5.84. The van der Waals surface area contributed by atoms with Gasteiger partial charge in [-0.2, -0.15) is 13.2 Å². The fourth-order valence-electron chi connectivity index (χ4n) is 4.25. The number of aromatic hydroxyl groups is 1. The molecule has 1 aliphatic carbocycles. The lowest BCUT2D eigenvalue weighted by molar-refractivity contribution is -0.140. The number of hydrogen-bond acceptors (Lipinski definition) is 5. The minimum atomic E-state index is -4.89. The molecule has 0 amide bonds. The van der Waals surface area contributed by atoms with Gasteiger partial charge in [-0.3, -0.25) is 4.79 Å². The number of phenolic OH excluding ortho intramolecular Hbond substituents is 1. The molecule has 3 aromatic carbocycles. The molecule has 6 nitrogen and oxygen atoms in total. The van der Waals surface area contributed by atoms with Crippen LogP contribution in [0.1, 0.15) is 60.7 Å². The van der Waals surface area contributed by atoms with Gasteiger partial charge in [0.2, 0.25) is 0 Å². The van der Waals surface area contributed by atoms with Crippen LogP contribution in [0.3, 0.4) is 0 Å². The molecular weight excluding hydrogens is 520 g/mol. The van der Waals surface area contributed by atoms with Crippen molar-refractivity contribution < 1.29 is 46.8 Å². The number of carboxylic acids is 1. The van der Waals surface area contributed by atoms with Crippen molar-refractivity contribution in [2.75, 3.05) is 0 Å². The number of aliphatic carboxylic acids is 1. The predicted molar refractivity (Wildman–Crippen MR) is 133 cm³/mol. The fraction of sp³-hybridized carbons (Fsp3) is 0.310. The summed E-state index contributed by atoms with van der Waals surface area (Å²) in [4.78, 5) is 24.2. The Bertz CT molecular complexity index is 1420. The van der Waals surface area contributed by atoms with Gasteiger partial charge in [0.25, 0.3) is 0 Å². The van der Waals surface area contributed by atoms with Crippen molar-refractivity contribution >= 4 is 11.9 Å². The topological polar surface area (TPSA) is 93.1 Å². The summed E-state index contributed by atoms with van der Waals surface area (Å²) in [7, 11) is 0. The number of carbonyl (C=O) groups excluding carboxylic acids is 1. The van der Waals surface area contributed by atoms with Crippen molar-refractivity contribution in [1.29, 1.82) is 0 Å². The van der Waals surface area contributed by atoms with Crippen molar-refractivity contribution in [3.05, 3.63) is 82.7 Å². The SMILES string of the molecule is CC(C)(C)OC(=O)c1c(COc2ccc(-c3ccc(C4(C(=O)O)CC4)c(F)c3)cc2)ccc(C(F)(F)F)c1O. The van der Waals surface area contributed by atoms with E-state index in [1.807, 2.05) is 0 Å². The Morgan fingerprint density at radius 3 is 2.08 bits per heavy atom. The molecule has 3 aromatic rings. The molecule has 0 radical (unpaired) electrons. The molecule has 1 fully saturated rings. The van der Waals surface area contributed by atoms with Gasteiger partial charge in [0, 0.05) is 11.1 Å². The highest BCUT2D eigenvalue weighted by Gasteiger charge is 2.53. The van der Waals surface area contributed by atoms with E-state index in [2.05, 4.69) is 0 Å². The molecule has 4 rings (SSSR count). The van der Waals surface area contributed by atoms with Crippen LogP contribution in [0.25, 0.3) is 11.1 Å². The third-order valence-electron chi connectivity index (χ3n) is 6.40. The molecule has 0 spiro atoms. The van der Waals surface area contributed by atoms with Gasteiger partial charge in [0.05, 0.1) is 11.0 Å². The Hall–Kier alpha value is -4.08.